The van der Waals surface area contributed by atoms with Crippen molar-refractivity contribution in [2.24, 2.45) is 0 Å². The predicted octanol–water partition coefficient (Wildman–Crippen LogP) is 9.50. The molecule has 0 bridgehead atoms. The molecule has 14 nitrogen and oxygen atoms in total. The summed E-state index contributed by atoms with van der Waals surface area (Å²) in [7, 11) is 0. The molecule has 9 N–H and O–H groups in total. The molecule has 2 fully saturated rings. The van der Waals surface area contributed by atoms with Gasteiger partial charge in [-0.1, -0.05) is 225 Å². The molecule has 14 heteroatoms. The molecule has 0 aromatic rings. The van der Waals surface area contributed by atoms with E-state index in [4.69, 9.17) is 18.9 Å². The Hall–Kier alpha value is -1.27. The number of allylic oxidation sites excluding steroid dienone is 2. The summed E-state index contributed by atoms with van der Waals surface area (Å²) < 4.78 is 22.8. The van der Waals surface area contributed by atoms with Crippen molar-refractivity contribution in [1.29, 1.82) is 0 Å². The van der Waals surface area contributed by atoms with Gasteiger partial charge in [-0.3, -0.25) is 4.79 Å². The van der Waals surface area contributed by atoms with Crippen molar-refractivity contribution in [3.63, 3.8) is 0 Å². The highest BCUT2D eigenvalue weighted by molar-refractivity contribution is 5.76. The number of ether oxygens (including phenoxy) is 4. The lowest BCUT2D eigenvalue weighted by Gasteiger charge is -2.46. The molecule has 2 saturated heterocycles. The van der Waals surface area contributed by atoms with Crippen LogP contribution in [0.1, 0.15) is 251 Å². The van der Waals surface area contributed by atoms with Crippen LogP contribution in [0.15, 0.2) is 12.2 Å². The smallest absolute Gasteiger partial charge is 0.220 e. The van der Waals surface area contributed by atoms with E-state index >= 15 is 0 Å². The standard InChI is InChI=1S/C57H109NO13/c1-3-5-7-9-11-13-15-16-17-18-19-20-21-22-23-24-25-26-27-28-29-31-32-34-36-38-40-46(61)45(58-49(62)41-39-37-35-33-30-14-12-10-8-6-4-2)44-68-56-54(67)52(65)55(48(43-60)70-56)71-57-53(66)51(64)50(63)47(42-59)69-57/h10,12,45-48,50-57,59-61,63-67H,3-9,11,13-44H2,1-2H3,(H,58,62)/b12-10-. The number of aliphatic hydroxyl groups is 8. The van der Waals surface area contributed by atoms with E-state index in [0.29, 0.717) is 19.3 Å². The molecule has 0 aromatic heterocycles. The van der Waals surface area contributed by atoms with E-state index in [0.717, 1.165) is 64.2 Å². The molecule has 0 spiro atoms. The number of rotatable bonds is 47. The third kappa shape index (κ3) is 30.2. The van der Waals surface area contributed by atoms with E-state index in [1.807, 2.05) is 0 Å². The van der Waals surface area contributed by atoms with Crippen LogP contribution in [0.3, 0.4) is 0 Å². The fraction of sp³-hybridized carbons (Fsp3) is 0.947. The monoisotopic (exact) mass is 1020 g/mol. The second-order valence-electron chi connectivity index (χ2n) is 21.1. The van der Waals surface area contributed by atoms with Crippen molar-refractivity contribution >= 4 is 5.91 Å². The first kappa shape index (κ1) is 65.8. The van der Waals surface area contributed by atoms with E-state index in [1.165, 1.54) is 154 Å². The summed E-state index contributed by atoms with van der Waals surface area (Å²) in [5.41, 5.74) is 0. The van der Waals surface area contributed by atoms with Gasteiger partial charge in [-0.05, 0) is 32.1 Å². The van der Waals surface area contributed by atoms with Crippen LogP contribution in [0.2, 0.25) is 0 Å². The first-order valence-corrected chi connectivity index (χ1v) is 29.4. The van der Waals surface area contributed by atoms with E-state index in [1.54, 1.807) is 0 Å². The molecular formula is C57H109NO13. The Balaban J connectivity index is 1.69. The normalized spacial score (nSPS) is 25.8. The van der Waals surface area contributed by atoms with Crippen LogP contribution in [0.25, 0.3) is 0 Å². The van der Waals surface area contributed by atoms with Gasteiger partial charge < -0.3 is 65.1 Å². The van der Waals surface area contributed by atoms with Gasteiger partial charge in [0.1, 0.15) is 48.8 Å². The highest BCUT2D eigenvalue weighted by atomic mass is 16.7. The third-order valence-electron chi connectivity index (χ3n) is 14.7. The van der Waals surface area contributed by atoms with Gasteiger partial charge in [-0.2, -0.15) is 0 Å². The van der Waals surface area contributed by atoms with E-state index in [-0.39, 0.29) is 12.5 Å². The first-order valence-electron chi connectivity index (χ1n) is 29.4. The third-order valence-corrected chi connectivity index (χ3v) is 14.7. The molecular weight excluding hydrogens is 907 g/mol. The Morgan fingerprint density at radius 3 is 1.38 bits per heavy atom. The molecule has 2 aliphatic rings. The largest absolute Gasteiger partial charge is 0.394 e. The number of carbonyl (C=O) groups excluding carboxylic acids is 1. The van der Waals surface area contributed by atoms with Gasteiger partial charge in [0.25, 0.3) is 0 Å². The predicted molar refractivity (Wildman–Crippen MR) is 282 cm³/mol. The fourth-order valence-corrected chi connectivity index (χ4v) is 9.93. The Bertz CT molecular complexity index is 1240. The lowest BCUT2D eigenvalue weighted by atomic mass is 9.97. The van der Waals surface area contributed by atoms with Crippen LogP contribution in [-0.2, 0) is 23.7 Å². The summed E-state index contributed by atoms with van der Waals surface area (Å²) in [6.45, 7) is 2.83. The van der Waals surface area contributed by atoms with Crippen molar-refractivity contribution in [1.82, 2.24) is 5.32 Å². The molecule has 0 aliphatic carbocycles. The topological polar surface area (TPSA) is 228 Å². The van der Waals surface area contributed by atoms with Gasteiger partial charge in [-0.15, -0.1) is 0 Å². The van der Waals surface area contributed by atoms with Crippen LogP contribution < -0.4 is 5.32 Å². The van der Waals surface area contributed by atoms with Gasteiger partial charge in [-0.25, -0.2) is 0 Å². The summed E-state index contributed by atoms with van der Waals surface area (Å²) in [4.78, 5) is 13.2. The molecule has 1 amide bonds. The zero-order chi connectivity index (χ0) is 51.7. The van der Waals surface area contributed by atoms with Crippen molar-refractivity contribution in [2.75, 3.05) is 19.8 Å². The summed E-state index contributed by atoms with van der Waals surface area (Å²) >= 11 is 0. The highest BCUT2D eigenvalue weighted by Gasteiger charge is 2.51. The van der Waals surface area contributed by atoms with Crippen molar-refractivity contribution in [3.8, 4) is 0 Å². The minimum absolute atomic E-state index is 0.215. The number of nitrogens with one attached hydrogen (secondary N) is 1. The maximum atomic E-state index is 13.2. The van der Waals surface area contributed by atoms with Crippen molar-refractivity contribution < 1.29 is 64.6 Å². The molecule has 0 saturated carbocycles. The molecule has 2 aliphatic heterocycles. The van der Waals surface area contributed by atoms with Gasteiger partial charge >= 0.3 is 0 Å². The number of aliphatic hydroxyl groups excluding tert-OH is 8. The lowest BCUT2D eigenvalue weighted by molar-refractivity contribution is -0.359. The van der Waals surface area contributed by atoms with Crippen LogP contribution >= 0.6 is 0 Å². The maximum Gasteiger partial charge on any atom is 0.220 e. The molecule has 420 valence electrons. The molecule has 12 atom stereocenters. The van der Waals surface area contributed by atoms with E-state index < -0.39 is 86.8 Å². The summed E-state index contributed by atoms with van der Waals surface area (Å²) in [6.07, 6.45) is 32.3. The number of carbonyl (C=O) groups is 1. The fourth-order valence-electron chi connectivity index (χ4n) is 9.93. The Labute approximate surface area is 431 Å². The highest BCUT2D eigenvalue weighted by Crippen LogP contribution is 2.30. The van der Waals surface area contributed by atoms with Gasteiger partial charge in [0, 0.05) is 6.42 Å². The average molecular weight is 1020 g/mol. The maximum absolute atomic E-state index is 13.2. The molecule has 2 rings (SSSR count). The second kappa shape index (κ2) is 43.9. The Morgan fingerprint density at radius 1 is 0.493 bits per heavy atom. The van der Waals surface area contributed by atoms with Gasteiger partial charge in [0.15, 0.2) is 12.6 Å². The Kier molecular flexibility index (Phi) is 40.7. The summed E-state index contributed by atoms with van der Waals surface area (Å²) in [6, 6.07) is -0.829. The minimum Gasteiger partial charge on any atom is -0.394 e. The van der Waals surface area contributed by atoms with Gasteiger partial charge in [0.05, 0.1) is 32.0 Å². The number of hydrogen-bond donors (Lipinski definition) is 9. The van der Waals surface area contributed by atoms with Gasteiger partial charge in [0.2, 0.25) is 5.91 Å². The Morgan fingerprint density at radius 2 is 0.901 bits per heavy atom. The zero-order valence-electron chi connectivity index (χ0n) is 45.0. The lowest BCUT2D eigenvalue weighted by Crippen LogP contribution is -2.65. The average Bonchev–Trinajstić information content (AvgIpc) is 3.37. The first-order chi connectivity index (χ1) is 34.6. The van der Waals surface area contributed by atoms with Crippen LogP contribution in [0.4, 0.5) is 0 Å². The molecule has 0 radical (unpaired) electrons. The summed E-state index contributed by atoms with van der Waals surface area (Å²) in [5.74, 6) is -0.215. The number of unbranched alkanes of at least 4 members (excludes halogenated alkanes) is 32. The minimum atomic E-state index is -1.78. The second-order valence-corrected chi connectivity index (χ2v) is 21.1. The number of hydrogen-bond acceptors (Lipinski definition) is 13. The molecule has 71 heavy (non-hydrogen) atoms. The van der Waals surface area contributed by atoms with Crippen LogP contribution in [0, 0.1) is 0 Å². The SMILES string of the molecule is CCCC/C=C\CCCCCCCC(=O)NC(COC1OC(CO)C(OC2OC(CO)C(O)C(O)C2O)C(O)C1O)C(O)CCCCCCCCCCCCCCCCCCCCCCCCCCCC. The molecule has 2 heterocycles. The van der Waals surface area contributed by atoms with Crippen LogP contribution in [-0.4, -0.2) is 140 Å². The van der Waals surface area contributed by atoms with Crippen LogP contribution in [0.5, 0.6) is 0 Å². The van der Waals surface area contributed by atoms with E-state index in [2.05, 4.69) is 31.3 Å². The van der Waals surface area contributed by atoms with Crippen molar-refractivity contribution in [2.45, 2.75) is 325 Å². The zero-order valence-corrected chi connectivity index (χ0v) is 45.0. The van der Waals surface area contributed by atoms with E-state index in [9.17, 15) is 45.6 Å². The molecule has 0 aromatic carbocycles. The quantitative estimate of drug-likeness (QED) is 0.0205. The molecule has 12 unspecified atom stereocenters. The van der Waals surface area contributed by atoms with Crippen molar-refractivity contribution in [3.05, 3.63) is 12.2 Å². The number of amides is 1. The summed E-state index contributed by atoms with van der Waals surface area (Å²) in [5, 5.41) is 87.1.